The van der Waals surface area contributed by atoms with Crippen molar-refractivity contribution in [3.63, 3.8) is 0 Å². The second-order valence-corrected chi connectivity index (χ2v) is 7.65. The van der Waals surface area contributed by atoms with Crippen LogP contribution in [0.3, 0.4) is 0 Å². The standard InChI is InChI=1S/C26H25ClN2O6/c1-4-33-21-11-9-19(10-12-21)26(31)35-23-13-8-18(14-24(23)32-3)16-28-29-25(30)17(2)34-22-7-5-6-20(27)15-22/h5-17H,4H2,1-3H3,(H,29,30). The molecule has 182 valence electrons. The summed E-state index contributed by atoms with van der Waals surface area (Å²) in [5, 5.41) is 4.46. The largest absolute Gasteiger partial charge is 0.494 e. The van der Waals surface area contributed by atoms with E-state index < -0.39 is 18.0 Å². The van der Waals surface area contributed by atoms with E-state index in [0.29, 0.717) is 40.0 Å². The summed E-state index contributed by atoms with van der Waals surface area (Å²) >= 11 is 5.92. The first kappa shape index (κ1) is 25.6. The maximum Gasteiger partial charge on any atom is 0.343 e. The molecule has 3 aromatic rings. The highest BCUT2D eigenvalue weighted by molar-refractivity contribution is 6.30. The molecule has 0 aliphatic heterocycles. The molecule has 1 N–H and O–H groups in total. The Balaban J connectivity index is 1.59. The van der Waals surface area contributed by atoms with Gasteiger partial charge in [0, 0.05) is 5.02 Å². The number of benzene rings is 3. The predicted octanol–water partition coefficient (Wildman–Crippen LogP) is 4.88. The summed E-state index contributed by atoms with van der Waals surface area (Å²) < 4.78 is 21.7. The summed E-state index contributed by atoms with van der Waals surface area (Å²) in [5.74, 6) is 0.753. The number of hydrogen-bond acceptors (Lipinski definition) is 7. The van der Waals surface area contributed by atoms with Crippen LogP contribution in [0.5, 0.6) is 23.0 Å². The zero-order valence-electron chi connectivity index (χ0n) is 19.5. The minimum absolute atomic E-state index is 0.246. The van der Waals surface area contributed by atoms with E-state index in [-0.39, 0.29) is 5.75 Å². The van der Waals surface area contributed by atoms with Crippen LogP contribution in [-0.4, -0.2) is 37.9 Å². The maximum absolute atomic E-state index is 12.5. The molecule has 0 aromatic heterocycles. The SMILES string of the molecule is CCOc1ccc(C(=O)Oc2ccc(C=NNC(=O)C(C)Oc3cccc(Cl)c3)cc2OC)cc1. The van der Waals surface area contributed by atoms with E-state index in [1.54, 1.807) is 73.7 Å². The normalized spacial score (nSPS) is 11.5. The quantitative estimate of drug-likeness (QED) is 0.186. The van der Waals surface area contributed by atoms with Crippen LogP contribution in [0.2, 0.25) is 5.02 Å². The number of ether oxygens (including phenoxy) is 4. The van der Waals surface area contributed by atoms with Crippen molar-refractivity contribution in [3.05, 3.63) is 82.9 Å². The van der Waals surface area contributed by atoms with Crippen LogP contribution in [-0.2, 0) is 4.79 Å². The molecule has 0 saturated heterocycles. The summed E-state index contributed by atoms with van der Waals surface area (Å²) in [6.45, 7) is 4.02. The summed E-state index contributed by atoms with van der Waals surface area (Å²) in [5.41, 5.74) is 3.41. The summed E-state index contributed by atoms with van der Waals surface area (Å²) in [7, 11) is 1.46. The van der Waals surface area contributed by atoms with Crippen molar-refractivity contribution in [1.82, 2.24) is 5.43 Å². The number of carbonyl (C=O) groups is 2. The molecule has 8 nitrogen and oxygen atoms in total. The number of nitrogens with zero attached hydrogens (tertiary/aromatic N) is 1. The van der Waals surface area contributed by atoms with Gasteiger partial charge in [0.1, 0.15) is 11.5 Å². The maximum atomic E-state index is 12.5. The van der Waals surface area contributed by atoms with E-state index in [9.17, 15) is 9.59 Å². The van der Waals surface area contributed by atoms with Crippen molar-refractivity contribution in [3.8, 4) is 23.0 Å². The van der Waals surface area contributed by atoms with Gasteiger partial charge in [-0.05, 0) is 80.1 Å². The zero-order chi connectivity index (χ0) is 25.2. The van der Waals surface area contributed by atoms with Crippen molar-refractivity contribution >= 4 is 29.7 Å². The molecule has 0 saturated carbocycles. The molecule has 0 heterocycles. The highest BCUT2D eigenvalue weighted by Gasteiger charge is 2.15. The predicted molar refractivity (Wildman–Crippen MR) is 133 cm³/mol. The number of amides is 1. The molecular formula is C26H25ClN2O6. The van der Waals surface area contributed by atoms with E-state index in [0.717, 1.165) is 0 Å². The summed E-state index contributed by atoms with van der Waals surface area (Å²) in [6.07, 6.45) is 0.648. The van der Waals surface area contributed by atoms with Crippen molar-refractivity contribution in [2.45, 2.75) is 20.0 Å². The third kappa shape index (κ3) is 7.48. The molecule has 35 heavy (non-hydrogen) atoms. The third-order valence-corrected chi connectivity index (χ3v) is 4.89. The summed E-state index contributed by atoms with van der Waals surface area (Å²) in [6, 6.07) is 18.3. The van der Waals surface area contributed by atoms with Gasteiger partial charge >= 0.3 is 5.97 Å². The molecule has 9 heteroatoms. The van der Waals surface area contributed by atoms with Crippen molar-refractivity contribution in [1.29, 1.82) is 0 Å². The van der Waals surface area contributed by atoms with Crippen LogP contribution in [0, 0.1) is 0 Å². The Morgan fingerprint density at radius 2 is 1.80 bits per heavy atom. The minimum atomic E-state index is -0.787. The van der Waals surface area contributed by atoms with Gasteiger partial charge in [0.15, 0.2) is 17.6 Å². The van der Waals surface area contributed by atoms with Gasteiger partial charge in [-0.3, -0.25) is 4.79 Å². The van der Waals surface area contributed by atoms with Gasteiger partial charge in [0.2, 0.25) is 0 Å². The molecule has 3 aromatic carbocycles. The van der Waals surface area contributed by atoms with E-state index >= 15 is 0 Å². The van der Waals surface area contributed by atoms with Gasteiger partial charge in [-0.2, -0.15) is 5.10 Å². The molecule has 3 rings (SSSR count). The smallest absolute Gasteiger partial charge is 0.343 e. The van der Waals surface area contributed by atoms with Crippen molar-refractivity contribution in [2.75, 3.05) is 13.7 Å². The fourth-order valence-corrected chi connectivity index (χ4v) is 3.10. The van der Waals surface area contributed by atoms with Crippen molar-refractivity contribution < 1.29 is 28.5 Å². The third-order valence-electron chi connectivity index (χ3n) is 4.66. The lowest BCUT2D eigenvalue weighted by Crippen LogP contribution is -2.33. The molecule has 0 radical (unpaired) electrons. The van der Waals surface area contributed by atoms with E-state index in [4.69, 9.17) is 30.5 Å². The van der Waals surface area contributed by atoms with Gasteiger partial charge < -0.3 is 18.9 Å². The number of methoxy groups -OCH3 is 1. The van der Waals surface area contributed by atoms with Gasteiger partial charge in [-0.1, -0.05) is 17.7 Å². The Bertz CT molecular complexity index is 1200. The number of hydrogen-bond donors (Lipinski definition) is 1. The Morgan fingerprint density at radius 1 is 1.03 bits per heavy atom. The molecule has 0 fully saturated rings. The van der Waals surface area contributed by atoms with E-state index in [1.165, 1.54) is 13.3 Å². The molecular weight excluding hydrogens is 472 g/mol. The minimum Gasteiger partial charge on any atom is -0.494 e. The lowest BCUT2D eigenvalue weighted by Gasteiger charge is -2.13. The van der Waals surface area contributed by atoms with E-state index in [2.05, 4.69) is 10.5 Å². The van der Waals surface area contributed by atoms with Gasteiger partial charge in [0.05, 0.1) is 25.5 Å². The molecule has 0 spiro atoms. The molecule has 0 bridgehead atoms. The monoisotopic (exact) mass is 496 g/mol. The number of esters is 1. The lowest BCUT2D eigenvalue weighted by molar-refractivity contribution is -0.127. The molecule has 0 aliphatic rings. The number of nitrogens with one attached hydrogen (secondary N) is 1. The average Bonchev–Trinajstić information content (AvgIpc) is 2.85. The van der Waals surface area contributed by atoms with Crippen LogP contribution in [0.15, 0.2) is 71.8 Å². The first-order valence-corrected chi connectivity index (χ1v) is 11.2. The van der Waals surface area contributed by atoms with E-state index in [1.807, 2.05) is 6.92 Å². The van der Waals surface area contributed by atoms with Crippen molar-refractivity contribution in [2.24, 2.45) is 5.10 Å². The summed E-state index contributed by atoms with van der Waals surface area (Å²) in [4.78, 5) is 24.7. The Kier molecular flexibility index (Phi) is 9.09. The van der Waals surface area contributed by atoms with Crippen LogP contribution in [0.1, 0.15) is 29.8 Å². The Morgan fingerprint density at radius 3 is 2.49 bits per heavy atom. The van der Waals surface area contributed by atoms with Crippen LogP contribution < -0.4 is 24.4 Å². The second-order valence-electron chi connectivity index (χ2n) is 7.21. The van der Waals surface area contributed by atoms with Crippen LogP contribution in [0.4, 0.5) is 0 Å². The van der Waals surface area contributed by atoms with Crippen LogP contribution in [0.25, 0.3) is 0 Å². The second kappa shape index (κ2) is 12.4. The van der Waals surface area contributed by atoms with Gasteiger partial charge in [-0.25, -0.2) is 10.2 Å². The Hall–Kier alpha value is -4.04. The number of halogens is 1. The van der Waals surface area contributed by atoms with Crippen LogP contribution >= 0.6 is 11.6 Å². The molecule has 1 atom stereocenters. The molecule has 0 aliphatic carbocycles. The first-order valence-electron chi connectivity index (χ1n) is 10.8. The van der Waals surface area contributed by atoms with Gasteiger partial charge in [0.25, 0.3) is 5.91 Å². The highest BCUT2D eigenvalue weighted by atomic mass is 35.5. The number of carbonyl (C=O) groups excluding carboxylic acids is 2. The fraction of sp³-hybridized carbons (Fsp3) is 0.192. The lowest BCUT2D eigenvalue weighted by atomic mass is 10.2. The Labute approximate surface area is 208 Å². The molecule has 1 amide bonds. The number of rotatable bonds is 10. The first-order chi connectivity index (χ1) is 16.9. The zero-order valence-corrected chi connectivity index (χ0v) is 20.2. The topological polar surface area (TPSA) is 95.5 Å². The molecule has 1 unspecified atom stereocenters. The highest BCUT2D eigenvalue weighted by Crippen LogP contribution is 2.28. The number of hydrazone groups is 1. The fourth-order valence-electron chi connectivity index (χ4n) is 2.92. The van der Waals surface area contributed by atoms with Gasteiger partial charge in [-0.15, -0.1) is 0 Å². The average molecular weight is 497 g/mol.